The lowest BCUT2D eigenvalue weighted by Crippen LogP contribution is -2.36. The van der Waals surface area contributed by atoms with Crippen molar-refractivity contribution in [3.8, 4) is 0 Å². The lowest BCUT2D eigenvalue weighted by molar-refractivity contribution is 0.163. The summed E-state index contributed by atoms with van der Waals surface area (Å²) in [5.74, 6) is 0.562. The molecule has 0 aliphatic rings. The van der Waals surface area contributed by atoms with E-state index in [1.807, 2.05) is 0 Å². The van der Waals surface area contributed by atoms with Gasteiger partial charge < -0.3 is 0 Å². The number of halogens is 1. The first kappa shape index (κ1) is 13.3. The molecule has 0 aromatic rings. The lowest BCUT2D eigenvalue weighted by Gasteiger charge is -2.40. The molecule has 0 rings (SSSR count). The highest BCUT2D eigenvalue weighted by atomic mass is 35.5. The van der Waals surface area contributed by atoms with Gasteiger partial charge in [-0.15, -0.1) is 11.6 Å². The van der Waals surface area contributed by atoms with Crippen molar-refractivity contribution in [1.29, 1.82) is 0 Å². The van der Waals surface area contributed by atoms with Gasteiger partial charge >= 0.3 is 0 Å². The second kappa shape index (κ2) is 4.68. The van der Waals surface area contributed by atoms with Gasteiger partial charge in [0.25, 0.3) is 0 Å². The molecule has 0 spiro atoms. The average Bonchev–Trinajstić information content (AvgIpc) is 2.03. The predicted molar refractivity (Wildman–Crippen MR) is 62.4 cm³/mol. The van der Waals surface area contributed by atoms with Gasteiger partial charge in [-0.1, -0.05) is 41.0 Å². The molecule has 0 aromatic heterocycles. The minimum absolute atomic E-state index is 0.0430. The Hall–Kier alpha value is 0.290. The van der Waals surface area contributed by atoms with Crippen molar-refractivity contribution in [3.63, 3.8) is 0 Å². The van der Waals surface area contributed by atoms with Gasteiger partial charge in [-0.3, -0.25) is 0 Å². The Morgan fingerprint density at radius 3 is 1.92 bits per heavy atom. The smallest absolute Gasteiger partial charge is 0.0446 e. The molecular formula is C12H25Cl. The fourth-order valence-corrected chi connectivity index (χ4v) is 2.28. The molecule has 0 radical (unpaired) electrons. The van der Waals surface area contributed by atoms with Gasteiger partial charge in [0.15, 0.2) is 0 Å². The van der Waals surface area contributed by atoms with E-state index in [1.165, 1.54) is 12.8 Å². The molecule has 0 aliphatic carbocycles. The van der Waals surface area contributed by atoms with Crippen molar-refractivity contribution in [2.45, 2.75) is 65.7 Å². The van der Waals surface area contributed by atoms with Crippen molar-refractivity contribution >= 4 is 11.6 Å². The van der Waals surface area contributed by atoms with Crippen molar-refractivity contribution in [1.82, 2.24) is 0 Å². The van der Waals surface area contributed by atoms with E-state index in [4.69, 9.17) is 11.6 Å². The van der Waals surface area contributed by atoms with Gasteiger partial charge in [0, 0.05) is 4.87 Å². The maximum absolute atomic E-state index is 6.49. The molecule has 0 bridgehead atoms. The van der Waals surface area contributed by atoms with E-state index in [0.29, 0.717) is 11.3 Å². The van der Waals surface area contributed by atoms with E-state index in [1.54, 1.807) is 0 Å². The number of rotatable bonds is 5. The first-order valence-electron chi connectivity index (χ1n) is 5.47. The second-order valence-corrected chi connectivity index (χ2v) is 5.96. The van der Waals surface area contributed by atoms with Crippen molar-refractivity contribution in [3.05, 3.63) is 0 Å². The fraction of sp³-hybridized carbons (Fsp3) is 1.00. The van der Waals surface area contributed by atoms with Gasteiger partial charge in [0.1, 0.15) is 0 Å². The Labute approximate surface area is 89.1 Å². The topological polar surface area (TPSA) is 0 Å². The first-order valence-corrected chi connectivity index (χ1v) is 5.84. The maximum atomic E-state index is 6.49. The van der Waals surface area contributed by atoms with E-state index < -0.39 is 0 Å². The van der Waals surface area contributed by atoms with Crippen LogP contribution in [0.1, 0.15) is 60.8 Å². The summed E-state index contributed by atoms with van der Waals surface area (Å²) < 4.78 is 0. The van der Waals surface area contributed by atoms with Crippen LogP contribution >= 0.6 is 11.6 Å². The van der Waals surface area contributed by atoms with Gasteiger partial charge in [-0.25, -0.2) is 0 Å². The Balaban J connectivity index is 4.47. The Morgan fingerprint density at radius 2 is 1.62 bits per heavy atom. The molecule has 0 saturated carbocycles. The highest BCUT2D eigenvalue weighted by Crippen LogP contribution is 2.43. The van der Waals surface area contributed by atoms with Crippen LogP contribution in [0, 0.1) is 11.3 Å². The minimum Gasteiger partial charge on any atom is -0.119 e. The largest absolute Gasteiger partial charge is 0.119 e. The minimum atomic E-state index is -0.0430. The fourth-order valence-electron chi connectivity index (χ4n) is 1.98. The third-order valence-corrected chi connectivity index (χ3v) is 4.26. The third-order valence-electron chi connectivity index (χ3n) is 3.66. The molecule has 2 atom stereocenters. The maximum Gasteiger partial charge on any atom is 0.0446 e. The molecule has 0 amide bonds. The van der Waals surface area contributed by atoms with Crippen LogP contribution in [-0.4, -0.2) is 4.87 Å². The lowest BCUT2D eigenvalue weighted by atomic mass is 9.70. The molecule has 2 unspecified atom stereocenters. The van der Waals surface area contributed by atoms with Gasteiger partial charge in [0.2, 0.25) is 0 Å². The zero-order valence-corrected chi connectivity index (χ0v) is 10.8. The summed E-state index contributed by atoms with van der Waals surface area (Å²) in [6.45, 7) is 13.5. The van der Waals surface area contributed by atoms with Crippen molar-refractivity contribution in [2.75, 3.05) is 0 Å². The number of hydrogen-bond acceptors (Lipinski definition) is 0. The van der Waals surface area contributed by atoms with Gasteiger partial charge in [0.05, 0.1) is 0 Å². The second-order valence-electron chi connectivity index (χ2n) is 5.09. The van der Waals surface area contributed by atoms with Crippen LogP contribution < -0.4 is 0 Å². The molecule has 0 nitrogen and oxygen atoms in total. The zero-order chi connectivity index (χ0) is 10.7. The van der Waals surface area contributed by atoms with Crippen molar-refractivity contribution in [2.24, 2.45) is 11.3 Å². The van der Waals surface area contributed by atoms with E-state index in [2.05, 4.69) is 41.5 Å². The molecule has 0 fully saturated rings. The summed E-state index contributed by atoms with van der Waals surface area (Å²) in [5, 5.41) is 0. The van der Waals surface area contributed by atoms with Crippen LogP contribution in [0.4, 0.5) is 0 Å². The molecule has 0 aliphatic heterocycles. The summed E-state index contributed by atoms with van der Waals surface area (Å²) >= 11 is 6.49. The summed E-state index contributed by atoms with van der Waals surface area (Å²) in [6, 6.07) is 0. The molecule has 1 heteroatoms. The molecule has 0 aromatic carbocycles. The summed E-state index contributed by atoms with van der Waals surface area (Å²) in [5.41, 5.74) is 0.362. The number of alkyl halides is 1. The summed E-state index contributed by atoms with van der Waals surface area (Å²) in [6.07, 6.45) is 3.55. The first-order chi connectivity index (χ1) is 5.78. The van der Waals surface area contributed by atoms with Gasteiger partial charge in [-0.05, 0) is 31.1 Å². The Morgan fingerprint density at radius 1 is 1.15 bits per heavy atom. The monoisotopic (exact) mass is 204 g/mol. The molecule has 80 valence electrons. The van der Waals surface area contributed by atoms with E-state index in [9.17, 15) is 0 Å². The van der Waals surface area contributed by atoms with Crippen LogP contribution in [0.2, 0.25) is 0 Å². The normalized spacial score (nSPS) is 19.6. The number of hydrogen-bond donors (Lipinski definition) is 0. The molecular weight excluding hydrogens is 180 g/mol. The zero-order valence-electron chi connectivity index (χ0n) is 10.1. The molecule has 13 heavy (non-hydrogen) atoms. The molecule has 0 saturated heterocycles. The van der Waals surface area contributed by atoms with E-state index in [-0.39, 0.29) is 4.87 Å². The van der Waals surface area contributed by atoms with Gasteiger partial charge in [-0.2, -0.15) is 0 Å². The van der Waals surface area contributed by atoms with Crippen LogP contribution in [-0.2, 0) is 0 Å². The van der Waals surface area contributed by atoms with Crippen molar-refractivity contribution < 1.29 is 0 Å². The van der Waals surface area contributed by atoms with Crippen LogP contribution in [0.15, 0.2) is 0 Å². The van der Waals surface area contributed by atoms with Crippen LogP contribution in [0.5, 0.6) is 0 Å². The average molecular weight is 205 g/mol. The van der Waals surface area contributed by atoms with E-state index in [0.717, 1.165) is 6.42 Å². The summed E-state index contributed by atoms with van der Waals surface area (Å²) in [4.78, 5) is -0.0430. The van der Waals surface area contributed by atoms with Crippen LogP contribution in [0.3, 0.4) is 0 Å². The third kappa shape index (κ3) is 3.50. The highest BCUT2D eigenvalue weighted by Gasteiger charge is 2.37. The summed E-state index contributed by atoms with van der Waals surface area (Å²) in [7, 11) is 0. The highest BCUT2D eigenvalue weighted by molar-refractivity contribution is 6.23. The Bertz CT molecular complexity index is 147. The quantitative estimate of drug-likeness (QED) is 0.562. The SMILES string of the molecule is CCCC(C)(C)C(C)C(C)(Cl)CC. The Kier molecular flexibility index (Phi) is 4.79. The molecule has 0 heterocycles. The predicted octanol–water partition coefficient (Wildman–Crippen LogP) is 4.86. The van der Waals surface area contributed by atoms with E-state index >= 15 is 0 Å². The standard InChI is InChI=1S/C12H25Cl/c1-7-9-11(4,5)10(3)12(6,13)8-2/h10H,7-9H2,1-6H3. The van der Waals surface area contributed by atoms with Crippen LogP contribution in [0.25, 0.3) is 0 Å². The molecule has 0 N–H and O–H groups in total.